The summed E-state index contributed by atoms with van der Waals surface area (Å²) in [6.07, 6.45) is 3.38. The number of hydrogen-bond acceptors (Lipinski definition) is 4. The predicted octanol–water partition coefficient (Wildman–Crippen LogP) is 4.01. The maximum atomic E-state index is 12.6. The number of carbonyl (C=O) groups is 1. The molecule has 24 heavy (non-hydrogen) atoms. The average molecular weight is 324 g/mol. The molecule has 0 amide bonds. The van der Waals surface area contributed by atoms with E-state index in [1.54, 1.807) is 18.2 Å². The summed E-state index contributed by atoms with van der Waals surface area (Å²) in [6, 6.07) is 10.7. The minimum Gasteiger partial charge on any atom is -0.504 e. The van der Waals surface area contributed by atoms with Gasteiger partial charge in [0, 0.05) is 17.6 Å². The molecule has 0 unspecified atom stereocenters. The lowest BCUT2D eigenvalue weighted by Crippen LogP contribution is -1.98. The fraction of sp³-hybridized carbons (Fsp3) is 0.250. The molecule has 4 nitrogen and oxygen atoms in total. The molecule has 0 heterocycles. The highest BCUT2D eigenvalue weighted by Crippen LogP contribution is 2.32. The second-order valence-corrected chi connectivity index (χ2v) is 5.77. The summed E-state index contributed by atoms with van der Waals surface area (Å²) < 4.78 is 10.7. The van der Waals surface area contributed by atoms with E-state index in [-0.39, 0.29) is 11.5 Å². The first-order valence-electron chi connectivity index (χ1n) is 8.00. The zero-order chi connectivity index (χ0) is 17.1. The van der Waals surface area contributed by atoms with Gasteiger partial charge in [-0.2, -0.15) is 0 Å². The molecular formula is C20H20O4. The summed E-state index contributed by atoms with van der Waals surface area (Å²) in [5.74, 6) is 1.23. The monoisotopic (exact) mass is 324 g/mol. The first-order chi connectivity index (χ1) is 11.6. The van der Waals surface area contributed by atoms with Gasteiger partial charge in [-0.15, -0.1) is 0 Å². The molecule has 2 aromatic carbocycles. The maximum Gasteiger partial charge on any atom is 0.189 e. The van der Waals surface area contributed by atoms with E-state index in [0.717, 1.165) is 28.9 Å². The van der Waals surface area contributed by atoms with Crippen LogP contribution in [0.25, 0.3) is 6.08 Å². The number of Topliss-reactive ketones (excluding diaryl/α,β-unsaturated/α-hetero) is 1. The summed E-state index contributed by atoms with van der Waals surface area (Å²) in [4.78, 5) is 12.6. The molecule has 0 saturated carbocycles. The van der Waals surface area contributed by atoms with Crippen LogP contribution in [-0.2, 0) is 6.42 Å². The smallest absolute Gasteiger partial charge is 0.189 e. The van der Waals surface area contributed by atoms with Gasteiger partial charge in [0.1, 0.15) is 5.75 Å². The van der Waals surface area contributed by atoms with Crippen molar-refractivity contribution in [1.82, 2.24) is 0 Å². The number of ether oxygens (including phenoxy) is 2. The molecule has 0 spiro atoms. The Morgan fingerprint density at radius 1 is 1.21 bits per heavy atom. The van der Waals surface area contributed by atoms with Crippen molar-refractivity contribution in [2.45, 2.75) is 19.8 Å². The SMILES string of the molecule is CCCOc1ccc2c(c1)C(=O)/C(=C/c1ccc(O)c(OC)c1)C2. The number of methoxy groups -OCH3 is 1. The highest BCUT2D eigenvalue weighted by atomic mass is 16.5. The molecule has 124 valence electrons. The van der Waals surface area contributed by atoms with Crippen LogP contribution >= 0.6 is 0 Å². The number of fused-ring (bicyclic) bond motifs is 1. The lowest BCUT2D eigenvalue weighted by molar-refractivity contribution is 0.104. The molecule has 0 aromatic heterocycles. The third kappa shape index (κ3) is 3.13. The third-order valence-corrected chi connectivity index (χ3v) is 4.02. The number of benzene rings is 2. The Morgan fingerprint density at radius 3 is 2.79 bits per heavy atom. The summed E-state index contributed by atoms with van der Waals surface area (Å²) in [6.45, 7) is 2.69. The van der Waals surface area contributed by atoms with Crippen LogP contribution in [0.2, 0.25) is 0 Å². The van der Waals surface area contributed by atoms with Gasteiger partial charge in [-0.25, -0.2) is 0 Å². The standard InChI is InChI=1S/C20H20O4/c1-3-8-24-16-6-5-14-11-15(20(22)17(14)12-16)9-13-4-7-18(21)19(10-13)23-2/h4-7,9-10,12,21H,3,8,11H2,1-2H3/b15-9+. The normalized spacial score (nSPS) is 14.8. The van der Waals surface area contributed by atoms with Crippen molar-refractivity contribution in [2.75, 3.05) is 13.7 Å². The van der Waals surface area contributed by atoms with Crippen molar-refractivity contribution in [2.24, 2.45) is 0 Å². The maximum absolute atomic E-state index is 12.6. The van der Waals surface area contributed by atoms with Crippen LogP contribution in [0, 0.1) is 0 Å². The molecular weight excluding hydrogens is 304 g/mol. The zero-order valence-corrected chi connectivity index (χ0v) is 13.8. The molecule has 0 aliphatic heterocycles. The van der Waals surface area contributed by atoms with Gasteiger partial charge in [0.05, 0.1) is 13.7 Å². The number of rotatable bonds is 5. The lowest BCUT2D eigenvalue weighted by Gasteiger charge is -2.05. The van der Waals surface area contributed by atoms with Crippen molar-refractivity contribution in [1.29, 1.82) is 0 Å². The van der Waals surface area contributed by atoms with E-state index in [2.05, 4.69) is 0 Å². The van der Waals surface area contributed by atoms with Gasteiger partial charge in [-0.3, -0.25) is 4.79 Å². The van der Waals surface area contributed by atoms with Crippen LogP contribution in [0.5, 0.6) is 17.2 Å². The highest BCUT2D eigenvalue weighted by molar-refractivity contribution is 6.15. The van der Waals surface area contributed by atoms with Gasteiger partial charge in [-0.1, -0.05) is 19.1 Å². The molecule has 0 saturated heterocycles. The Balaban J connectivity index is 1.87. The number of hydrogen-bond donors (Lipinski definition) is 1. The van der Waals surface area contributed by atoms with Gasteiger partial charge in [0.15, 0.2) is 17.3 Å². The largest absolute Gasteiger partial charge is 0.504 e. The Hall–Kier alpha value is -2.75. The van der Waals surface area contributed by atoms with E-state index in [4.69, 9.17) is 9.47 Å². The van der Waals surface area contributed by atoms with Crippen LogP contribution in [0.3, 0.4) is 0 Å². The first-order valence-corrected chi connectivity index (χ1v) is 8.00. The van der Waals surface area contributed by atoms with E-state index in [1.807, 2.05) is 31.2 Å². The lowest BCUT2D eigenvalue weighted by atomic mass is 10.1. The van der Waals surface area contributed by atoms with Gasteiger partial charge >= 0.3 is 0 Å². The Kier molecular flexibility index (Phi) is 4.56. The summed E-state index contributed by atoms with van der Waals surface area (Å²) in [5, 5.41) is 9.66. The van der Waals surface area contributed by atoms with Crippen molar-refractivity contribution in [3.05, 3.63) is 58.7 Å². The molecule has 0 atom stereocenters. The number of phenols is 1. The third-order valence-electron chi connectivity index (χ3n) is 4.02. The second kappa shape index (κ2) is 6.79. The Bertz CT molecular complexity index is 805. The molecule has 2 aromatic rings. The number of phenolic OH excluding ortho intramolecular Hbond substituents is 1. The van der Waals surface area contributed by atoms with Crippen molar-refractivity contribution < 1.29 is 19.4 Å². The van der Waals surface area contributed by atoms with Gasteiger partial charge in [0.2, 0.25) is 0 Å². The molecule has 4 heteroatoms. The summed E-state index contributed by atoms with van der Waals surface area (Å²) in [7, 11) is 1.50. The molecule has 0 bridgehead atoms. The molecule has 1 aliphatic carbocycles. The highest BCUT2D eigenvalue weighted by Gasteiger charge is 2.25. The minimum atomic E-state index is 0.0268. The van der Waals surface area contributed by atoms with Crippen molar-refractivity contribution in [3.63, 3.8) is 0 Å². The van der Waals surface area contributed by atoms with E-state index in [0.29, 0.717) is 24.3 Å². The van der Waals surface area contributed by atoms with Crippen LogP contribution in [0.4, 0.5) is 0 Å². The van der Waals surface area contributed by atoms with Gasteiger partial charge < -0.3 is 14.6 Å². The number of ketones is 1. The van der Waals surface area contributed by atoms with E-state index in [1.165, 1.54) is 7.11 Å². The van der Waals surface area contributed by atoms with Gasteiger partial charge in [0.25, 0.3) is 0 Å². The summed E-state index contributed by atoms with van der Waals surface area (Å²) in [5.41, 5.74) is 3.27. The quantitative estimate of drug-likeness (QED) is 0.844. The predicted molar refractivity (Wildman–Crippen MR) is 92.9 cm³/mol. The Labute approximate surface area is 141 Å². The molecule has 3 rings (SSSR count). The van der Waals surface area contributed by atoms with Crippen LogP contribution in [0.1, 0.15) is 34.8 Å². The molecule has 0 fully saturated rings. The molecule has 1 N–H and O–H groups in total. The van der Waals surface area contributed by atoms with Crippen LogP contribution < -0.4 is 9.47 Å². The fourth-order valence-electron chi connectivity index (χ4n) is 2.79. The number of allylic oxidation sites excluding steroid dienone is 1. The zero-order valence-electron chi connectivity index (χ0n) is 13.8. The second-order valence-electron chi connectivity index (χ2n) is 5.77. The number of aromatic hydroxyl groups is 1. The van der Waals surface area contributed by atoms with Gasteiger partial charge in [-0.05, 0) is 47.9 Å². The number of carbonyl (C=O) groups excluding carboxylic acids is 1. The fourth-order valence-corrected chi connectivity index (χ4v) is 2.79. The van der Waals surface area contributed by atoms with E-state index >= 15 is 0 Å². The van der Waals surface area contributed by atoms with Crippen LogP contribution in [0.15, 0.2) is 42.0 Å². The first kappa shape index (κ1) is 16.1. The van der Waals surface area contributed by atoms with Crippen molar-refractivity contribution in [3.8, 4) is 17.2 Å². The Morgan fingerprint density at radius 2 is 2.04 bits per heavy atom. The van der Waals surface area contributed by atoms with E-state index in [9.17, 15) is 9.90 Å². The molecule has 1 aliphatic rings. The summed E-state index contributed by atoms with van der Waals surface area (Å²) >= 11 is 0. The molecule has 0 radical (unpaired) electrons. The van der Waals surface area contributed by atoms with E-state index < -0.39 is 0 Å². The topological polar surface area (TPSA) is 55.8 Å². The van der Waals surface area contributed by atoms with Crippen molar-refractivity contribution >= 4 is 11.9 Å². The minimum absolute atomic E-state index is 0.0268. The average Bonchev–Trinajstić information content (AvgIpc) is 2.90. The van der Waals surface area contributed by atoms with Crippen LogP contribution in [-0.4, -0.2) is 24.6 Å².